The minimum atomic E-state index is -0.188. The monoisotopic (exact) mass is 359 g/mol. The molecule has 0 spiro atoms. The molecule has 1 aliphatic heterocycles. The number of hydrogen-bond acceptors (Lipinski definition) is 4. The lowest BCUT2D eigenvalue weighted by Crippen LogP contribution is -2.49. The topological polar surface area (TPSA) is 53.6 Å². The largest absolute Gasteiger partial charge is 0.378 e. The van der Waals surface area contributed by atoms with Crippen molar-refractivity contribution in [1.82, 2.24) is 5.32 Å². The maximum absolute atomic E-state index is 12.6. The zero-order chi connectivity index (χ0) is 18.5. The molecule has 2 aliphatic rings. The molecule has 1 saturated carbocycles. The van der Waals surface area contributed by atoms with Crippen LogP contribution in [0, 0.1) is 11.8 Å². The van der Waals surface area contributed by atoms with Gasteiger partial charge in [0.25, 0.3) is 0 Å². The van der Waals surface area contributed by atoms with Gasteiger partial charge in [-0.1, -0.05) is 26.7 Å². The van der Waals surface area contributed by atoms with E-state index in [1.165, 1.54) is 18.5 Å². The fraction of sp³-hybridized carbons (Fsp3) is 0.667. The van der Waals surface area contributed by atoms with Crippen molar-refractivity contribution < 1.29 is 9.53 Å². The van der Waals surface area contributed by atoms with Crippen LogP contribution < -0.4 is 15.5 Å². The maximum Gasteiger partial charge on any atom is 0.241 e. The van der Waals surface area contributed by atoms with Crippen LogP contribution >= 0.6 is 0 Å². The standard InChI is InChI=1S/C21H33N3O2/c1-15-5-4-6-20(16(15)2)22-17(3)21(25)23-18-7-9-19(10-8-18)24-11-13-26-14-12-24/h7-10,15-17,20,22H,4-6,11-14H2,1-3H3,(H,23,25)/t15-,16-,17+,20+/m1/s1. The highest BCUT2D eigenvalue weighted by atomic mass is 16.5. The number of morpholine rings is 1. The quantitative estimate of drug-likeness (QED) is 0.847. The van der Waals surface area contributed by atoms with Crippen molar-refractivity contribution in [3.8, 4) is 0 Å². The van der Waals surface area contributed by atoms with Crippen molar-refractivity contribution >= 4 is 17.3 Å². The number of amides is 1. The first-order valence-corrected chi connectivity index (χ1v) is 10.0. The Labute approximate surface area is 157 Å². The second-order valence-corrected chi connectivity index (χ2v) is 7.90. The van der Waals surface area contributed by atoms with E-state index in [0.717, 1.165) is 44.3 Å². The molecule has 0 radical (unpaired) electrons. The minimum Gasteiger partial charge on any atom is -0.378 e. The molecular formula is C21H33N3O2. The SMILES string of the molecule is C[C@@H]1[C@H](C)CCC[C@@H]1N[C@@H](C)C(=O)Nc1ccc(N2CCOCC2)cc1. The molecule has 0 unspecified atom stereocenters. The predicted octanol–water partition coefficient (Wildman–Crippen LogP) is 3.26. The lowest BCUT2D eigenvalue weighted by Gasteiger charge is -2.36. The van der Waals surface area contributed by atoms with Gasteiger partial charge in [0.05, 0.1) is 19.3 Å². The third-order valence-corrected chi connectivity index (χ3v) is 6.08. The predicted molar refractivity (Wildman–Crippen MR) is 107 cm³/mol. The van der Waals surface area contributed by atoms with Crippen LogP contribution in [0.3, 0.4) is 0 Å². The van der Waals surface area contributed by atoms with Crippen LogP contribution in [-0.4, -0.2) is 44.3 Å². The highest BCUT2D eigenvalue weighted by molar-refractivity contribution is 5.94. The van der Waals surface area contributed by atoms with Gasteiger partial charge >= 0.3 is 0 Å². The summed E-state index contributed by atoms with van der Waals surface area (Å²) in [5, 5.41) is 6.59. The van der Waals surface area contributed by atoms with Crippen LogP contribution in [0.25, 0.3) is 0 Å². The number of hydrogen-bond donors (Lipinski definition) is 2. The van der Waals surface area contributed by atoms with Gasteiger partial charge in [-0.05, 0) is 49.4 Å². The zero-order valence-corrected chi connectivity index (χ0v) is 16.3. The molecule has 0 aromatic heterocycles. The van der Waals surface area contributed by atoms with Crippen molar-refractivity contribution in [2.75, 3.05) is 36.5 Å². The molecule has 1 aromatic rings. The summed E-state index contributed by atoms with van der Waals surface area (Å²) < 4.78 is 5.39. The summed E-state index contributed by atoms with van der Waals surface area (Å²) in [6.07, 6.45) is 3.72. The molecule has 1 aromatic carbocycles. The molecule has 5 nitrogen and oxygen atoms in total. The molecule has 26 heavy (non-hydrogen) atoms. The number of rotatable bonds is 5. The van der Waals surface area contributed by atoms with Crippen LogP contribution in [0.4, 0.5) is 11.4 Å². The number of benzene rings is 1. The smallest absolute Gasteiger partial charge is 0.241 e. The number of carbonyl (C=O) groups is 1. The average molecular weight is 360 g/mol. The molecular weight excluding hydrogens is 326 g/mol. The Balaban J connectivity index is 1.52. The van der Waals surface area contributed by atoms with E-state index in [2.05, 4.69) is 41.5 Å². The summed E-state index contributed by atoms with van der Waals surface area (Å²) in [5.74, 6) is 1.38. The Morgan fingerprint density at radius 2 is 1.85 bits per heavy atom. The normalized spacial score (nSPS) is 27.8. The minimum absolute atomic E-state index is 0.0366. The number of carbonyl (C=O) groups excluding carboxylic acids is 1. The Morgan fingerprint density at radius 1 is 1.15 bits per heavy atom. The fourth-order valence-electron chi connectivity index (χ4n) is 4.04. The Bertz CT molecular complexity index is 583. The number of nitrogens with one attached hydrogen (secondary N) is 2. The van der Waals surface area contributed by atoms with E-state index in [-0.39, 0.29) is 11.9 Å². The van der Waals surface area contributed by atoms with Gasteiger partial charge < -0.3 is 20.3 Å². The van der Waals surface area contributed by atoms with Crippen LogP contribution in [0.15, 0.2) is 24.3 Å². The van der Waals surface area contributed by atoms with Crippen molar-refractivity contribution in [2.24, 2.45) is 11.8 Å². The van der Waals surface area contributed by atoms with Crippen molar-refractivity contribution in [3.05, 3.63) is 24.3 Å². The lowest BCUT2D eigenvalue weighted by molar-refractivity contribution is -0.118. The Kier molecular flexibility index (Phi) is 6.54. The van der Waals surface area contributed by atoms with Gasteiger partial charge in [-0.2, -0.15) is 0 Å². The summed E-state index contributed by atoms with van der Waals surface area (Å²) in [4.78, 5) is 14.9. The summed E-state index contributed by atoms with van der Waals surface area (Å²) in [7, 11) is 0. The van der Waals surface area contributed by atoms with Crippen molar-refractivity contribution in [2.45, 2.75) is 52.1 Å². The van der Waals surface area contributed by atoms with Crippen LogP contribution in [0.1, 0.15) is 40.0 Å². The van der Waals surface area contributed by atoms with E-state index >= 15 is 0 Å². The third-order valence-electron chi connectivity index (χ3n) is 6.08. The van der Waals surface area contributed by atoms with E-state index in [1.54, 1.807) is 0 Å². The third kappa shape index (κ3) is 4.77. The van der Waals surface area contributed by atoms with E-state index in [4.69, 9.17) is 4.74 Å². The first kappa shape index (κ1) is 19.2. The molecule has 1 heterocycles. The molecule has 1 saturated heterocycles. The van der Waals surface area contributed by atoms with Crippen LogP contribution in [0.5, 0.6) is 0 Å². The molecule has 144 valence electrons. The molecule has 4 atom stereocenters. The first-order chi connectivity index (χ1) is 12.5. The van der Waals surface area contributed by atoms with Gasteiger partial charge in [0.2, 0.25) is 5.91 Å². The Morgan fingerprint density at radius 3 is 2.54 bits per heavy atom. The van der Waals surface area contributed by atoms with E-state index < -0.39 is 0 Å². The van der Waals surface area contributed by atoms with Gasteiger partial charge in [-0.25, -0.2) is 0 Å². The molecule has 3 rings (SSSR count). The summed E-state index contributed by atoms with van der Waals surface area (Å²) in [6, 6.07) is 8.37. The number of ether oxygens (including phenoxy) is 1. The fourth-order valence-corrected chi connectivity index (χ4v) is 4.04. The van der Waals surface area contributed by atoms with Gasteiger partial charge in [0, 0.05) is 30.5 Å². The second-order valence-electron chi connectivity index (χ2n) is 7.90. The van der Waals surface area contributed by atoms with Gasteiger partial charge in [0.1, 0.15) is 0 Å². The highest BCUT2D eigenvalue weighted by Gasteiger charge is 2.29. The van der Waals surface area contributed by atoms with Crippen LogP contribution in [-0.2, 0) is 9.53 Å². The Hall–Kier alpha value is -1.59. The summed E-state index contributed by atoms with van der Waals surface area (Å²) in [5.41, 5.74) is 2.04. The van der Waals surface area contributed by atoms with E-state index in [0.29, 0.717) is 12.0 Å². The number of anilines is 2. The average Bonchev–Trinajstić information content (AvgIpc) is 2.66. The van der Waals surface area contributed by atoms with Crippen molar-refractivity contribution in [3.63, 3.8) is 0 Å². The van der Waals surface area contributed by atoms with Crippen molar-refractivity contribution in [1.29, 1.82) is 0 Å². The van der Waals surface area contributed by atoms with Gasteiger partial charge in [0.15, 0.2) is 0 Å². The summed E-state index contributed by atoms with van der Waals surface area (Å²) >= 11 is 0. The first-order valence-electron chi connectivity index (χ1n) is 10.0. The van der Waals surface area contributed by atoms with E-state index in [9.17, 15) is 4.79 Å². The van der Waals surface area contributed by atoms with Crippen LogP contribution in [0.2, 0.25) is 0 Å². The molecule has 5 heteroatoms. The molecule has 0 bridgehead atoms. The second kappa shape index (κ2) is 8.87. The molecule has 1 aliphatic carbocycles. The van der Waals surface area contributed by atoms with Gasteiger partial charge in [-0.15, -0.1) is 0 Å². The lowest BCUT2D eigenvalue weighted by atomic mass is 9.78. The number of nitrogens with zero attached hydrogens (tertiary/aromatic N) is 1. The van der Waals surface area contributed by atoms with Gasteiger partial charge in [-0.3, -0.25) is 4.79 Å². The van der Waals surface area contributed by atoms with E-state index in [1.807, 2.05) is 19.1 Å². The maximum atomic E-state index is 12.6. The highest BCUT2D eigenvalue weighted by Crippen LogP contribution is 2.29. The molecule has 2 N–H and O–H groups in total. The zero-order valence-electron chi connectivity index (χ0n) is 16.3. The molecule has 2 fully saturated rings. The summed E-state index contributed by atoms with van der Waals surface area (Å²) in [6.45, 7) is 9.98. The molecule has 1 amide bonds.